The van der Waals surface area contributed by atoms with E-state index in [2.05, 4.69) is 0 Å². The average molecular weight is 276 g/mol. The molecular formula is C12H15Cl2NO2. The topological polar surface area (TPSA) is 52.3 Å². The first-order valence-corrected chi connectivity index (χ1v) is 6.04. The zero-order chi connectivity index (χ0) is 13.2. The largest absolute Gasteiger partial charge is 0.459 e. The SMILES string of the molecule is CC(C)C(C)OC(=O)c1cc(Cl)c(N)c(Cl)c1. The number of nitrogens with two attached hydrogens (primary N) is 1. The molecule has 0 heterocycles. The predicted octanol–water partition coefficient (Wildman–Crippen LogP) is 3.78. The third-order valence-corrected chi connectivity index (χ3v) is 3.17. The molecule has 1 aromatic carbocycles. The third-order valence-electron chi connectivity index (χ3n) is 2.55. The first kappa shape index (κ1) is 14.1. The minimum atomic E-state index is -0.449. The third kappa shape index (κ3) is 3.51. The van der Waals surface area contributed by atoms with Crippen LogP contribution in [0.25, 0.3) is 0 Å². The lowest BCUT2D eigenvalue weighted by atomic mass is 10.1. The quantitative estimate of drug-likeness (QED) is 0.675. The van der Waals surface area contributed by atoms with Gasteiger partial charge in [-0.2, -0.15) is 0 Å². The molecule has 0 aliphatic rings. The highest BCUT2D eigenvalue weighted by Gasteiger charge is 2.17. The van der Waals surface area contributed by atoms with E-state index in [1.54, 1.807) is 0 Å². The van der Waals surface area contributed by atoms with E-state index in [0.717, 1.165) is 0 Å². The number of nitrogen functional groups attached to an aromatic ring is 1. The molecule has 0 aliphatic carbocycles. The van der Waals surface area contributed by atoms with E-state index in [9.17, 15) is 4.79 Å². The van der Waals surface area contributed by atoms with Gasteiger partial charge in [0.1, 0.15) is 6.10 Å². The molecule has 1 aromatic rings. The highest BCUT2D eigenvalue weighted by atomic mass is 35.5. The predicted molar refractivity (Wildman–Crippen MR) is 70.6 cm³/mol. The molecule has 0 amide bonds. The fourth-order valence-electron chi connectivity index (χ4n) is 1.08. The van der Waals surface area contributed by atoms with Gasteiger partial charge in [0.25, 0.3) is 0 Å². The first-order valence-electron chi connectivity index (χ1n) is 5.28. The van der Waals surface area contributed by atoms with Crippen molar-refractivity contribution in [1.82, 2.24) is 0 Å². The van der Waals surface area contributed by atoms with Crippen LogP contribution in [0.1, 0.15) is 31.1 Å². The van der Waals surface area contributed by atoms with E-state index >= 15 is 0 Å². The lowest BCUT2D eigenvalue weighted by Crippen LogP contribution is -2.20. The van der Waals surface area contributed by atoms with Crippen LogP contribution in [0.4, 0.5) is 5.69 Å². The standard InChI is InChI=1S/C12H15Cl2NO2/c1-6(2)7(3)17-12(16)8-4-9(13)11(15)10(14)5-8/h4-7H,15H2,1-3H3. The summed E-state index contributed by atoms with van der Waals surface area (Å²) >= 11 is 11.7. The maximum atomic E-state index is 11.8. The van der Waals surface area contributed by atoms with E-state index in [-0.39, 0.29) is 27.8 Å². The minimum Gasteiger partial charge on any atom is -0.459 e. The lowest BCUT2D eigenvalue weighted by Gasteiger charge is -2.16. The molecule has 2 N–H and O–H groups in total. The van der Waals surface area contributed by atoms with Gasteiger partial charge in [-0.25, -0.2) is 4.79 Å². The fourth-order valence-corrected chi connectivity index (χ4v) is 1.56. The second kappa shape index (κ2) is 5.61. The van der Waals surface area contributed by atoms with Crippen molar-refractivity contribution in [3.63, 3.8) is 0 Å². The average Bonchev–Trinajstić information content (AvgIpc) is 2.24. The summed E-state index contributed by atoms with van der Waals surface area (Å²) in [7, 11) is 0. The number of benzene rings is 1. The number of halogens is 2. The highest BCUT2D eigenvalue weighted by Crippen LogP contribution is 2.29. The number of anilines is 1. The molecular weight excluding hydrogens is 261 g/mol. The van der Waals surface area contributed by atoms with Gasteiger partial charge >= 0.3 is 5.97 Å². The van der Waals surface area contributed by atoms with Crippen molar-refractivity contribution in [2.24, 2.45) is 5.92 Å². The summed E-state index contributed by atoms with van der Waals surface area (Å²) in [6, 6.07) is 2.91. The van der Waals surface area contributed by atoms with Crippen molar-refractivity contribution < 1.29 is 9.53 Å². The number of carbonyl (C=O) groups is 1. The van der Waals surface area contributed by atoms with E-state index in [0.29, 0.717) is 5.56 Å². The Balaban J connectivity index is 2.90. The van der Waals surface area contributed by atoms with Gasteiger partial charge in [-0.1, -0.05) is 37.0 Å². The number of ether oxygens (including phenoxy) is 1. The first-order chi connectivity index (χ1) is 7.82. The summed E-state index contributed by atoms with van der Waals surface area (Å²) in [6.07, 6.45) is -0.169. The smallest absolute Gasteiger partial charge is 0.338 e. The van der Waals surface area contributed by atoms with E-state index in [1.165, 1.54) is 12.1 Å². The van der Waals surface area contributed by atoms with Crippen LogP contribution in [0.2, 0.25) is 10.0 Å². The van der Waals surface area contributed by atoms with Crippen molar-refractivity contribution in [1.29, 1.82) is 0 Å². The summed E-state index contributed by atoms with van der Waals surface area (Å²) in [5, 5.41) is 0.503. The normalized spacial score (nSPS) is 12.6. The molecule has 0 bridgehead atoms. The molecule has 1 rings (SSSR count). The minimum absolute atomic E-state index is 0.169. The van der Waals surface area contributed by atoms with E-state index < -0.39 is 5.97 Å². The fraction of sp³-hybridized carbons (Fsp3) is 0.417. The maximum absolute atomic E-state index is 11.8. The summed E-state index contributed by atoms with van der Waals surface area (Å²) in [6.45, 7) is 5.78. The molecule has 1 unspecified atom stereocenters. The van der Waals surface area contributed by atoms with Crippen molar-refractivity contribution in [3.8, 4) is 0 Å². The molecule has 1 atom stereocenters. The molecule has 17 heavy (non-hydrogen) atoms. The van der Waals surface area contributed by atoms with Gasteiger partial charge in [0.05, 0.1) is 21.3 Å². The Bertz CT molecular complexity index is 410. The van der Waals surface area contributed by atoms with Gasteiger partial charge in [-0.3, -0.25) is 0 Å². The maximum Gasteiger partial charge on any atom is 0.338 e. The number of rotatable bonds is 3. The van der Waals surface area contributed by atoms with Gasteiger partial charge in [0.15, 0.2) is 0 Å². The van der Waals surface area contributed by atoms with Crippen LogP contribution in [0.5, 0.6) is 0 Å². The Hall–Kier alpha value is -0.930. The van der Waals surface area contributed by atoms with Gasteiger partial charge in [0.2, 0.25) is 0 Å². The molecule has 94 valence electrons. The van der Waals surface area contributed by atoms with Crippen molar-refractivity contribution in [2.45, 2.75) is 26.9 Å². The zero-order valence-corrected chi connectivity index (χ0v) is 11.5. The molecule has 0 spiro atoms. The van der Waals surface area contributed by atoms with E-state index in [1.807, 2.05) is 20.8 Å². The number of esters is 1. The molecule has 0 aliphatic heterocycles. The van der Waals surface area contributed by atoms with E-state index in [4.69, 9.17) is 33.7 Å². The molecule has 0 saturated heterocycles. The lowest BCUT2D eigenvalue weighted by molar-refractivity contribution is 0.0238. The molecule has 0 radical (unpaired) electrons. The molecule has 0 saturated carbocycles. The number of carbonyl (C=O) groups excluding carboxylic acids is 1. The Kier molecular flexibility index (Phi) is 4.66. The summed E-state index contributed by atoms with van der Waals surface area (Å²) in [5.74, 6) is -0.200. The summed E-state index contributed by atoms with van der Waals surface area (Å²) in [5.41, 5.74) is 6.16. The van der Waals surface area contributed by atoms with Crippen molar-refractivity contribution >= 4 is 34.9 Å². The Morgan fingerprint density at radius 3 is 2.12 bits per heavy atom. The van der Waals surface area contributed by atoms with Crippen molar-refractivity contribution in [2.75, 3.05) is 5.73 Å². The van der Waals surface area contributed by atoms with Gasteiger partial charge < -0.3 is 10.5 Å². The number of hydrogen-bond donors (Lipinski definition) is 1. The summed E-state index contributed by atoms with van der Waals surface area (Å²) in [4.78, 5) is 11.8. The number of hydrogen-bond acceptors (Lipinski definition) is 3. The van der Waals surface area contributed by atoms with Crippen LogP contribution in [0.3, 0.4) is 0 Å². The molecule has 3 nitrogen and oxygen atoms in total. The second-order valence-electron chi connectivity index (χ2n) is 4.21. The van der Waals surface area contributed by atoms with Crippen LogP contribution in [-0.4, -0.2) is 12.1 Å². The van der Waals surface area contributed by atoms with Crippen LogP contribution in [0, 0.1) is 5.92 Å². The highest BCUT2D eigenvalue weighted by molar-refractivity contribution is 6.39. The zero-order valence-electron chi connectivity index (χ0n) is 9.96. The Morgan fingerprint density at radius 2 is 1.71 bits per heavy atom. The monoisotopic (exact) mass is 275 g/mol. The van der Waals surface area contributed by atoms with Crippen molar-refractivity contribution in [3.05, 3.63) is 27.7 Å². The van der Waals surface area contributed by atoms with Crippen LogP contribution in [-0.2, 0) is 4.74 Å². The second-order valence-corrected chi connectivity index (χ2v) is 5.02. The van der Waals surface area contributed by atoms with Gasteiger partial charge in [-0.15, -0.1) is 0 Å². The summed E-state index contributed by atoms with van der Waals surface area (Å²) < 4.78 is 5.25. The van der Waals surface area contributed by atoms with Gasteiger partial charge in [-0.05, 0) is 25.0 Å². The molecule has 0 fully saturated rings. The Morgan fingerprint density at radius 1 is 1.24 bits per heavy atom. The molecule has 0 aromatic heterocycles. The molecule has 5 heteroatoms. The Labute approximate surface area is 111 Å². The van der Waals surface area contributed by atoms with Crippen LogP contribution in [0.15, 0.2) is 12.1 Å². The van der Waals surface area contributed by atoms with Crippen LogP contribution < -0.4 is 5.73 Å². The van der Waals surface area contributed by atoms with Gasteiger partial charge in [0, 0.05) is 0 Å². The van der Waals surface area contributed by atoms with Crippen LogP contribution >= 0.6 is 23.2 Å².